The fourth-order valence-electron chi connectivity index (χ4n) is 7.52. The van der Waals surface area contributed by atoms with E-state index < -0.39 is 16.7 Å². The average Bonchev–Trinajstić information content (AvgIpc) is 3.63. The van der Waals surface area contributed by atoms with Crippen LogP contribution in [0.4, 0.5) is 0 Å². The van der Waals surface area contributed by atoms with Gasteiger partial charge in [-0.2, -0.15) is 0 Å². The number of fused-ring (bicyclic) bond motifs is 1. The Morgan fingerprint density at radius 1 is 0.852 bits per heavy atom. The first-order valence-corrected chi connectivity index (χ1v) is 19.5. The number of imidazole rings is 1. The molecule has 1 unspecified atom stereocenters. The first kappa shape index (κ1) is 36.4. The third kappa shape index (κ3) is 6.82. The van der Waals surface area contributed by atoms with Gasteiger partial charge in [-0.15, -0.1) is 0 Å². The molecular formula is C46H43N5O2S. The Labute approximate surface area is 320 Å². The molecular weight excluding hydrogens is 687 g/mol. The maximum Gasteiger partial charge on any atom is 0.251 e. The second-order valence-electron chi connectivity index (χ2n) is 13.6. The highest BCUT2D eigenvalue weighted by Crippen LogP contribution is 2.43. The topological polar surface area (TPSA) is 97.1 Å². The number of hydrogen-bond donors (Lipinski definition) is 2. The number of benzene rings is 5. The Kier molecular flexibility index (Phi) is 10.5. The zero-order valence-corrected chi connectivity index (χ0v) is 31.7. The number of nitrogens with zero attached hydrogens (tertiary/aromatic N) is 3. The van der Waals surface area contributed by atoms with E-state index >= 15 is 0 Å². The number of carbonyl (C=O) groups excluding carboxylic acids is 1. The molecule has 5 aromatic carbocycles. The van der Waals surface area contributed by atoms with Crippen LogP contribution < -0.4 is 5.32 Å². The smallest absolute Gasteiger partial charge is 0.251 e. The number of rotatable bonds is 11. The third-order valence-electron chi connectivity index (χ3n) is 10.3. The van der Waals surface area contributed by atoms with Gasteiger partial charge in [0.2, 0.25) is 0 Å². The summed E-state index contributed by atoms with van der Waals surface area (Å²) in [6.07, 6.45) is 8.47. The molecule has 270 valence electrons. The molecule has 6 aromatic rings. The van der Waals surface area contributed by atoms with Gasteiger partial charge in [0, 0.05) is 55.2 Å². The van der Waals surface area contributed by atoms with E-state index in [4.69, 9.17) is 4.98 Å². The molecule has 1 aliphatic heterocycles. The summed E-state index contributed by atoms with van der Waals surface area (Å²) < 4.78 is 14.4. The number of allylic oxidation sites excluding steroid dienone is 2. The van der Waals surface area contributed by atoms with Gasteiger partial charge in [-0.05, 0) is 75.8 Å². The summed E-state index contributed by atoms with van der Waals surface area (Å²) in [7, 11) is 3.72. The molecule has 0 fully saturated rings. The van der Waals surface area contributed by atoms with Crippen LogP contribution in [0.3, 0.4) is 0 Å². The van der Waals surface area contributed by atoms with Gasteiger partial charge in [-0.3, -0.25) is 10.2 Å². The average molecular weight is 730 g/mol. The molecule has 7 nitrogen and oxygen atoms in total. The first-order chi connectivity index (χ1) is 26.2. The summed E-state index contributed by atoms with van der Waals surface area (Å²) in [5.74, 6) is 0.823. The highest BCUT2D eigenvalue weighted by molar-refractivity contribution is 7.90. The van der Waals surface area contributed by atoms with Gasteiger partial charge in [0.05, 0.1) is 17.6 Å². The van der Waals surface area contributed by atoms with E-state index in [2.05, 4.69) is 114 Å². The molecule has 7 rings (SSSR count). The summed E-state index contributed by atoms with van der Waals surface area (Å²) >= 11 is -1.14. The van der Waals surface area contributed by atoms with Gasteiger partial charge in [0.25, 0.3) is 5.91 Å². The lowest BCUT2D eigenvalue weighted by atomic mass is 9.75. The molecule has 0 saturated heterocycles. The molecule has 0 radical (unpaired) electrons. The van der Waals surface area contributed by atoms with Crippen molar-refractivity contribution in [3.8, 4) is 11.3 Å². The normalized spacial score (nSPS) is 14.8. The van der Waals surface area contributed by atoms with Crippen molar-refractivity contribution in [2.24, 2.45) is 5.92 Å². The highest BCUT2D eigenvalue weighted by Gasteiger charge is 2.40. The Morgan fingerprint density at radius 2 is 1.37 bits per heavy atom. The lowest BCUT2D eigenvalue weighted by Gasteiger charge is -2.44. The number of hydrogen-bond acceptors (Lipinski definition) is 5. The minimum Gasteiger partial charge on any atom is -0.612 e. The summed E-state index contributed by atoms with van der Waals surface area (Å²) in [6, 6.07) is 46.6. The van der Waals surface area contributed by atoms with E-state index in [9.17, 15) is 14.8 Å². The Morgan fingerprint density at radius 3 is 1.87 bits per heavy atom. The van der Waals surface area contributed by atoms with E-state index in [-0.39, 0.29) is 11.8 Å². The molecule has 8 heteroatoms. The van der Waals surface area contributed by atoms with Crippen molar-refractivity contribution in [3.05, 3.63) is 197 Å². The number of amides is 1. The molecule has 0 bridgehead atoms. The van der Waals surface area contributed by atoms with E-state index in [1.165, 1.54) is 0 Å². The third-order valence-corrected chi connectivity index (χ3v) is 11.2. The van der Waals surface area contributed by atoms with Gasteiger partial charge in [-0.25, -0.2) is 4.98 Å². The highest BCUT2D eigenvalue weighted by atomic mass is 32.2. The lowest BCUT2D eigenvalue weighted by Crippen LogP contribution is -2.43. The van der Waals surface area contributed by atoms with Crippen LogP contribution in [0.1, 0.15) is 45.4 Å². The molecule has 1 aromatic heterocycles. The number of nitrogens with one attached hydrogen (secondary N) is 2. The Balaban J connectivity index is 1.44. The fourth-order valence-corrected chi connectivity index (χ4v) is 8.04. The van der Waals surface area contributed by atoms with E-state index in [1.807, 2.05) is 72.9 Å². The minimum absolute atomic E-state index is 0.0328. The molecule has 1 amide bonds. The minimum atomic E-state index is -1.14. The van der Waals surface area contributed by atoms with Crippen LogP contribution in [0.25, 0.3) is 17.5 Å². The standard InChI is InChI=1S/C46H43N5O2S/c1-32-28-43-49-29-42(33-20-22-35(23-21-33)45(52)48-2)51(43)31-40(32)41(44(47)34-24-26-39(27-25-34)54(4)53)30-50(3)46(36-14-8-5-9-15-36,37-16-10-6-11-17-37)38-18-12-7-13-19-38/h5-27,29-32,47H,28H2,1-4H3,(H,48,52)/b41-30-,47-44?/t32-,54?/m1/s1. The van der Waals surface area contributed by atoms with Crippen molar-refractivity contribution in [1.29, 1.82) is 5.41 Å². The molecule has 2 atom stereocenters. The molecule has 54 heavy (non-hydrogen) atoms. The van der Waals surface area contributed by atoms with Crippen molar-refractivity contribution >= 4 is 29.0 Å². The van der Waals surface area contributed by atoms with Gasteiger partial charge in [0.15, 0.2) is 4.90 Å². The summed E-state index contributed by atoms with van der Waals surface area (Å²) in [5, 5.41) is 12.6. The largest absolute Gasteiger partial charge is 0.612 e. The SMILES string of the molecule is CNC(=O)c1ccc(-c2cnc3n2C=C(/C(=C/N(C)C(c2ccccc2)(c2ccccc2)c2ccccc2)C(=N)c2ccc([S+](C)[O-])cc2)[C@H](C)C3)cc1. The summed E-state index contributed by atoms with van der Waals surface area (Å²) in [6.45, 7) is 2.19. The maximum atomic E-state index is 12.3. The molecule has 2 heterocycles. The predicted molar refractivity (Wildman–Crippen MR) is 219 cm³/mol. The molecule has 2 N–H and O–H groups in total. The quantitative estimate of drug-likeness (QED) is 0.0794. The molecule has 1 aliphatic rings. The van der Waals surface area contributed by atoms with Crippen LogP contribution in [-0.4, -0.2) is 51.0 Å². The summed E-state index contributed by atoms with van der Waals surface area (Å²) in [5.41, 5.74) is 7.78. The maximum absolute atomic E-state index is 12.3. The van der Waals surface area contributed by atoms with Crippen molar-refractivity contribution in [2.75, 3.05) is 20.4 Å². The zero-order chi connectivity index (χ0) is 37.8. The fraction of sp³-hybridized carbons (Fsp3) is 0.152. The molecule has 0 spiro atoms. The van der Waals surface area contributed by atoms with Crippen molar-refractivity contribution in [1.82, 2.24) is 19.8 Å². The van der Waals surface area contributed by atoms with Crippen molar-refractivity contribution < 1.29 is 9.35 Å². The Bertz CT molecular complexity index is 2220. The van der Waals surface area contributed by atoms with Crippen LogP contribution in [0.5, 0.6) is 0 Å². The first-order valence-electron chi connectivity index (χ1n) is 18.0. The summed E-state index contributed by atoms with van der Waals surface area (Å²) in [4.78, 5) is 20.1. The van der Waals surface area contributed by atoms with E-state index in [1.54, 1.807) is 13.3 Å². The number of aromatic nitrogens is 2. The second kappa shape index (κ2) is 15.6. The lowest BCUT2D eigenvalue weighted by molar-refractivity contribution is 0.0963. The predicted octanol–water partition coefficient (Wildman–Crippen LogP) is 8.56. The molecule has 0 saturated carbocycles. The monoisotopic (exact) mass is 729 g/mol. The van der Waals surface area contributed by atoms with Crippen LogP contribution in [0.2, 0.25) is 0 Å². The van der Waals surface area contributed by atoms with Crippen LogP contribution in [0.15, 0.2) is 168 Å². The van der Waals surface area contributed by atoms with Gasteiger partial charge in [-0.1, -0.05) is 110 Å². The molecule has 0 aliphatic carbocycles. The van der Waals surface area contributed by atoms with Crippen LogP contribution in [0, 0.1) is 11.3 Å². The zero-order valence-electron chi connectivity index (χ0n) is 30.9. The van der Waals surface area contributed by atoms with Gasteiger partial charge < -0.3 is 19.3 Å². The second-order valence-corrected chi connectivity index (χ2v) is 15.0. The van der Waals surface area contributed by atoms with E-state index in [0.717, 1.165) is 50.5 Å². The number of carbonyl (C=O) groups is 1. The van der Waals surface area contributed by atoms with Crippen molar-refractivity contribution in [3.63, 3.8) is 0 Å². The van der Waals surface area contributed by atoms with Gasteiger partial charge >= 0.3 is 0 Å². The van der Waals surface area contributed by atoms with Crippen LogP contribution >= 0.6 is 0 Å². The van der Waals surface area contributed by atoms with E-state index in [0.29, 0.717) is 22.6 Å². The van der Waals surface area contributed by atoms with Crippen molar-refractivity contribution in [2.45, 2.75) is 23.8 Å². The van der Waals surface area contributed by atoms with Crippen LogP contribution in [-0.2, 0) is 23.1 Å². The Hall–Kier alpha value is -5.96. The van der Waals surface area contributed by atoms with Gasteiger partial charge in [0.1, 0.15) is 17.6 Å².